The van der Waals surface area contributed by atoms with E-state index in [9.17, 15) is 0 Å². The highest BCUT2D eigenvalue weighted by Crippen LogP contribution is 2.26. The van der Waals surface area contributed by atoms with Gasteiger partial charge in [-0.15, -0.1) is 0 Å². The molecule has 19 heavy (non-hydrogen) atoms. The van der Waals surface area contributed by atoms with Gasteiger partial charge in [0.05, 0.1) is 0 Å². The summed E-state index contributed by atoms with van der Waals surface area (Å²) in [7, 11) is 0. The molecule has 1 unspecified atom stereocenters. The Morgan fingerprint density at radius 2 is 2.00 bits per heavy atom. The third kappa shape index (κ3) is 3.31. The number of fused-ring (bicyclic) bond motifs is 1. The maximum atomic E-state index is 3.66. The summed E-state index contributed by atoms with van der Waals surface area (Å²) in [6.45, 7) is 0. The van der Waals surface area contributed by atoms with Gasteiger partial charge in [-0.3, -0.25) is 0 Å². The molecule has 0 amide bonds. The fourth-order valence-corrected chi connectivity index (χ4v) is 3.61. The first kappa shape index (κ1) is 13.4. The van der Waals surface area contributed by atoms with Crippen molar-refractivity contribution >= 4 is 44.2 Å². The second kappa shape index (κ2) is 5.83. The molecule has 0 aliphatic heterocycles. The molecule has 3 rings (SSSR count). The summed E-state index contributed by atoms with van der Waals surface area (Å²) in [5.74, 6) is 0. The van der Waals surface area contributed by atoms with E-state index in [1.54, 1.807) is 0 Å². The van der Waals surface area contributed by atoms with E-state index in [2.05, 4.69) is 86.3 Å². The Morgan fingerprint density at radius 1 is 1.11 bits per heavy atom. The lowest BCUT2D eigenvalue weighted by Crippen LogP contribution is -2.27. The van der Waals surface area contributed by atoms with Crippen LogP contribution in [-0.2, 0) is 12.8 Å². The van der Waals surface area contributed by atoms with Crippen LogP contribution in [0, 0.1) is 3.57 Å². The molecule has 0 fully saturated rings. The van der Waals surface area contributed by atoms with Crippen LogP contribution in [-0.4, -0.2) is 6.04 Å². The summed E-state index contributed by atoms with van der Waals surface area (Å²) >= 11 is 5.91. The summed E-state index contributed by atoms with van der Waals surface area (Å²) in [5.41, 5.74) is 4.21. The van der Waals surface area contributed by atoms with Crippen molar-refractivity contribution < 1.29 is 0 Å². The number of halogens is 2. The quantitative estimate of drug-likeness (QED) is 0.663. The Bertz CT molecular complexity index is 597. The van der Waals surface area contributed by atoms with E-state index in [1.165, 1.54) is 31.3 Å². The Labute approximate surface area is 136 Å². The molecule has 0 bridgehead atoms. The maximum Gasteiger partial charge on any atom is 0.0353 e. The topological polar surface area (TPSA) is 12.0 Å². The molecule has 0 saturated carbocycles. The van der Waals surface area contributed by atoms with Crippen LogP contribution in [0.25, 0.3) is 0 Å². The van der Waals surface area contributed by atoms with Crippen LogP contribution >= 0.6 is 38.5 Å². The van der Waals surface area contributed by atoms with E-state index in [0.29, 0.717) is 6.04 Å². The minimum absolute atomic E-state index is 0.548. The van der Waals surface area contributed by atoms with E-state index < -0.39 is 0 Å². The number of anilines is 1. The Hall–Kier alpha value is -0.550. The zero-order valence-corrected chi connectivity index (χ0v) is 14.2. The number of nitrogens with one attached hydrogen (secondary N) is 1. The molecular formula is C16H15BrIN. The summed E-state index contributed by atoms with van der Waals surface area (Å²) < 4.78 is 2.47. The zero-order chi connectivity index (χ0) is 13.2. The first-order valence-electron chi connectivity index (χ1n) is 6.50. The SMILES string of the molecule is Brc1ccc2c(c1)CCC(Nc1cccc(I)c1)C2. The third-order valence-corrected chi connectivity index (χ3v) is 4.76. The molecule has 0 radical (unpaired) electrons. The number of benzene rings is 2. The molecule has 1 N–H and O–H groups in total. The largest absolute Gasteiger partial charge is 0.382 e. The van der Waals surface area contributed by atoms with Gasteiger partial charge in [0.25, 0.3) is 0 Å². The molecule has 0 spiro atoms. The first-order valence-corrected chi connectivity index (χ1v) is 8.37. The highest BCUT2D eigenvalue weighted by Gasteiger charge is 2.18. The predicted molar refractivity (Wildman–Crippen MR) is 92.7 cm³/mol. The van der Waals surface area contributed by atoms with E-state index in [1.807, 2.05) is 0 Å². The highest BCUT2D eigenvalue weighted by molar-refractivity contribution is 14.1. The van der Waals surface area contributed by atoms with Crippen LogP contribution in [0.3, 0.4) is 0 Å². The second-order valence-electron chi connectivity index (χ2n) is 5.01. The molecular weight excluding hydrogens is 413 g/mol. The smallest absolute Gasteiger partial charge is 0.0353 e. The lowest BCUT2D eigenvalue weighted by Gasteiger charge is -2.26. The second-order valence-corrected chi connectivity index (χ2v) is 7.17. The standard InChI is InChI=1S/C16H15BrIN/c17-13-6-4-12-9-16(7-5-11(12)8-13)19-15-3-1-2-14(18)10-15/h1-4,6,8,10,16,19H,5,7,9H2. The van der Waals surface area contributed by atoms with Crippen molar-refractivity contribution in [1.29, 1.82) is 0 Å². The van der Waals surface area contributed by atoms with Crippen LogP contribution in [0.2, 0.25) is 0 Å². The highest BCUT2D eigenvalue weighted by atomic mass is 127. The Morgan fingerprint density at radius 3 is 2.84 bits per heavy atom. The van der Waals surface area contributed by atoms with Crippen molar-refractivity contribution in [3.05, 3.63) is 61.6 Å². The minimum Gasteiger partial charge on any atom is -0.382 e. The van der Waals surface area contributed by atoms with Gasteiger partial charge in [0.2, 0.25) is 0 Å². The Balaban J connectivity index is 1.74. The van der Waals surface area contributed by atoms with Gasteiger partial charge in [0.1, 0.15) is 0 Å². The number of rotatable bonds is 2. The van der Waals surface area contributed by atoms with Gasteiger partial charge < -0.3 is 5.32 Å². The minimum atomic E-state index is 0.548. The van der Waals surface area contributed by atoms with Crippen LogP contribution in [0.15, 0.2) is 46.9 Å². The molecule has 0 aromatic heterocycles. The van der Waals surface area contributed by atoms with Gasteiger partial charge in [0, 0.05) is 19.8 Å². The average molecular weight is 428 g/mol. The average Bonchev–Trinajstić information content (AvgIpc) is 2.39. The fourth-order valence-electron chi connectivity index (χ4n) is 2.66. The van der Waals surface area contributed by atoms with Crippen LogP contribution < -0.4 is 5.32 Å². The van der Waals surface area contributed by atoms with E-state index in [4.69, 9.17) is 0 Å². The molecule has 2 aromatic rings. The van der Waals surface area contributed by atoms with E-state index in [-0.39, 0.29) is 0 Å². The summed E-state index contributed by atoms with van der Waals surface area (Å²) in [6, 6.07) is 15.8. The molecule has 98 valence electrons. The monoisotopic (exact) mass is 427 g/mol. The van der Waals surface area contributed by atoms with Crippen molar-refractivity contribution in [1.82, 2.24) is 0 Å². The van der Waals surface area contributed by atoms with Gasteiger partial charge in [-0.1, -0.05) is 28.1 Å². The summed E-state index contributed by atoms with van der Waals surface area (Å²) in [4.78, 5) is 0. The Kier molecular flexibility index (Phi) is 4.12. The van der Waals surface area contributed by atoms with Crippen LogP contribution in [0.1, 0.15) is 17.5 Å². The summed E-state index contributed by atoms with van der Waals surface area (Å²) in [5, 5.41) is 3.66. The molecule has 1 nitrogen and oxygen atoms in total. The van der Waals surface area contributed by atoms with Gasteiger partial charge in [-0.25, -0.2) is 0 Å². The van der Waals surface area contributed by atoms with Crippen LogP contribution in [0.4, 0.5) is 5.69 Å². The molecule has 1 aliphatic carbocycles. The van der Waals surface area contributed by atoms with Gasteiger partial charge >= 0.3 is 0 Å². The van der Waals surface area contributed by atoms with Crippen molar-refractivity contribution in [3.63, 3.8) is 0 Å². The van der Waals surface area contributed by atoms with Crippen molar-refractivity contribution in [2.24, 2.45) is 0 Å². The number of aryl methyl sites for hydroxylation is 1. The molecule has 3 heteroatoms. The first-order chi connectivity index (χ1) is 9.20. The summed E-state index contributed by atoms with van der Waals surface area (Å²) in [6.07, 6.45) is 3.49. The fraction of sp³-hybridized carbons (Fsp3) is 0.250. The van der Waals surface area contributed by atoms with Crippen molar-refractivity contribution in [3.8, 4) is 0 Å². The van der Waals surface area contributed by atoms with Crippen LogP contribution in [0.5, 0.6) is 0 Å². The van der Waals surface area contributed by atoms with Gasteiger partial charge in [-0.2, -0.15) is 0 Å². The zero-order valence-electron chi connectivity index (χ0n) is 10.5. The molecule has 0 heterocycles. The number of hydrogen-bond donors (Lipinski definition) is 1. The third-order valence-electron chi connectivity index (χ3n) is 3.59. The number of hydrogen-bond acceptors (Lipinski definition) is 1. The molecule has 1 atom stereocenters. The molecule has 1 aliphatic rings. The van der Waals surface area contributed by atoms with Crippen molar-refractivity contribution in [2.75, 3.05) is 5.32 Å². The van der Waals surface area contributed by atoms with Gasteiger partial charge in [0.15, 0.2) is 0 Å². The van der Waals surface area contributed by atoms with E-state index in [0.717, 1.165) is 12.8 Å². The lowest BCUT2D eigenvalue weighted by molar-refractivity contribution is 0.610. The predicted octanol–water partition coefficient (Wildman–Crippen LogP) is 5.02. The molecule has 0 saturated heterocycles. The lowest BCUT2D eigenvalue weighted by atomic mass is 9.88. The normalized spacial score (nSPS) is 17.9. The maximum absolute atomic E-state index is 3.66. The van der Waals surface area contributed by atoms with E-state index >= 15 is 0 Å². The van der Waals surface area contributed by atoms with Gasteiger partial charge in [-0.05, 0) is 83.3 Å². The molecule has 2 aromatic carbocycles. The van der Waals surface area contributed by atoms with Crippen molar-refractivity contribution in [2.45, 2.75) is 25.3 Å².